The van der Waals surface area contributed by atoms with E-state index in [2.05, 4.69) is 26.0 Å². The number of carbonyl (C=O) groups excluding carboxylic acids is 1. The van der Waals surface area contributed by atoms with Crippen molar-refractivity contribution < 1.29 is 18.7 Å². The molecule has 1 amide bonds. The van der Waals surface area contributed by atoms with Crippen LogP contribution in [-0.2, 0) is 11.3 Å². The molecule has 1 saturated heterocycles. The number of ether oxygens (including phenoxy) is 2. The minimum Gasteiger partial charge on any atom is -0.493 e. The number of amides is 1. The van der Waals surface area contributed by atoms with Gasteiger partial charge in [0.25, 0.3) is 5.91 Å². The van der Waals surface area contributed by atoms with Gasteiger partial charge in [0.2, 0.25) is 0 Å². The van der Waals surface area contributed by atoms with Crippen LogP contribution in [0.15, 0.2) is 70.2 Å². The Hall–Kier alpha value is -3.03. The van der Waals surface area contributed by atoms with Gasteiger partial charge in [-0.25, -0.2) is 0 Å². The molecular weight excluding hydrogens is 454 g/mol. The van der Waals surface area contributed by atoms with Gasteiger partial charge < -0.3 is 13.9 Å². The molecule has 0 N–H and O–H groups in total. The van der Waals surface area contributed by atoms with Gasteiger partial charge in [-0.1, -0.05) is 42.2 Å². The quantitative estimate of drug-likeness (QED) is 0.209. The van der Waals surface area contributed by atoms with E-state index in [1.165, 1.54) is 22.9 Å². The first-order valence-corrected chi connectivity index (χ1v) is 11.9. The third-order valence-corrected chi connectivity index (χ3v) is 6.61. The van der Waals surface area contributed by atoms with E-state index in [1.54, 1.807) is 17.2 Å². The lowest BCUT2D eigenvalue weighted by Crippen LogP contribution is -2.27. The SMILES string of the molecule is Cc1ccc(OCCCOc2cccc(C=C3SC(=S)N(Cc4ccco4)C3=O)c2)cc1C. The summed E-state index contributed by atoms with van der Waals surface area (Å²) in [5.41, 5.74) is 3.36. The fraction of sp³-hybridized carbons (Fsp3) is 0.231. The van der Waals surface area contributed by atoms with Crippen molar-refractivity contribution in [1.29, 1.82) is 0 Å². The number of aryl methyl sites for hydroxylation is 2. The van der Waals surface area contributed by atoms with Crippen LogP contribution in [0.3, 0.4) is 0 Å². The predicted molar refractivity (Wildman–Crippen MR) is 135 cm³/mol. The molecule has 0 bridgehead atoms. The van der Waals surface area contributed by atoms with Gasteiger partial charge in [0.05, 0.1) is 30.9 Å². The Balaban J connectivity index is 1.29. The third-order valence-electron chi connectivity index (χ3n) is 5.23. The van der Waals surface area contributed by atoms with Gasteiger partial charge in [0, 0.05) is 6.42 Å². The Labute approximate surface area is 203 Å². The summed E-state index contributed by atoms with van der Waals surface area (Å²) < 4.78 is 17.6. The highest BCUT2D eigenvalue weighted by atomic mass is 32.2. The van der Waals surface area contributed by atoms with E-state index in [0.29, 0.717) is 34.7 Å². The maximum absolute atomic E-state index is 12.8. The summed E-state index contributed by atoms with van der Waals surface area (Å²) in [4.78, 5) is 14.9. The summed E-state index contributed by atoms with van der Waals surface area (Å²) in [7, 11) is 0. The Morgan fingerprint density at radius 2 is 1.79 bits per heavy atom. The molecule has 2 heterocycles. The lowest BCUT2D eigenvalue weighted by atomic mass is 10.1. The van der Waals surface area contributed by atoms with E-state index in [1.807, 2.05) is 42.5 Å². The van der Waals surface area contributed by atoms with E-state index < -0.39 is 0 Å². The smallest absolute Gasteiger partial charge is 0.266 e. The molecular formula is C26H25NO4S2. The fourth-order valence-electron chi connectivity index (χ4n) is 3.28. The van der Waals surface area contributed by atoms with Gasteiger partial charge in [-0.15, -0.1) is 0 Å². The van der Waals surface area contributed by atoms with Crippen LogP contribution >= 0.6 is 24.0 Å². The number of nitrogens with zero attached hydrogens (tertiary/aromatic N) is 1. The van der Waals surface area contributed by atoms with Crippen LogP contribution in [0, 0.1) is 13.8 Å². The number of hydrogen-bond acceptors (Lipinski definition) is 6. The van der Waals surface area contributed by atoms with Gasteiger partial charge in [0.15, 0.2) is 0 Å². The highest BCUT2D eigenvalue weighted by Crippen LogP contribution is 2.34. The van der Waals surface area contributed by atoms with E-state index in [-0.39, 0.29) is 5.91 Å². The summed E-state index contributed by atoms with van der Waals surface area (Å²) in [6.45, 7) is 5.63. The van der Waals surface area contributed by atoms with Crippen molar-refractivity contribution in [3.63, 3.8) is 0 Å². The minimum atomic E-state index is -0.115. The summed E-state index contributed by atoms with van der Waals surface area (Å²) in [5.74, 6) is 2.21. The van der Waals surface area contributed by atoms with Crippen LogP contribution in [0.1, 0.15) is 28.9 Å². The monoisotopic (exact) mass is 479 g/mol. The van der Waals surface area contributed by atoms with Crippen LogP contribution in [-0.4, -0.2) is 28.3 Å². The maximum atomic E-state index is 12.8. The zero-order chi connectivity index (χ0) is 23.2. The number of rotatable bonds is 9. The zero-order valence-corrected chi connectivity index (χ0v) is 20.2. The van der Waals surface area contributed by atoms with Gasteiger partial charge in [-0.3, -0.25) is 9.69 Å². The van der Waals surface area contributed by atoms with E-state index in [0.717, 1.165) is 23.5 Å². The van der Waals surface area contributed by atoms with Gasteiger partial charge in [-0.2, -0.15) is 0 Å². The molecule has 0 unspecified atom stereocenters. The second-order valence-electron chi connectivity index (χ2n) is 7.72. The van der Waals surface area contributed by atoms with E-state index >= 15 is 0 Å². The van der Waals surface area contributed by atoms with Gasteiger partial charge >= 0.3 is 0 Å². The molecule has 0 atom stereocenters. The number of furan rings is 1. The standard InChI is InChI=1S/C26H25NO4S2/c1-18-9-10-22(14-19(18)2)30-13-5-12-29-21-7-3-6-20(15-21)16-24-25(28)27(26(32)33-24)17-23-8-4-11-31-23/h3-4,6-11,14-16H,5,12-13,17H2,1-2H3. The molecule has 1 aliphatic rings. The highest BCUT2D eigenvalue weighted by molar-refractivity contribution is 8.26. The summed E-state index contributed by atoms with van der Waals surface area (Å²) in [6.07, 6.45) is 4.20. The molecule has 4 rings (SSSR count). The van der Waals surface area contributed by atoms with Crippen molar-refractivity contribution >= 4 is 40.3 Å². The Kier molecular flexibility index (Phi) is 7.52. The van der Waals surface area contributed by atoms with Crippen molar-refractivity contribution in [2.45, 2.75) is 26.8 Å². The largest absolute Gasteiger partial charge is 0.493 e. The van der Waals surface area contributed by atoms with Crippen LogP contribution < -0.4 is 9.47 Å². The van der Waals surface area contributed by atoms with Crippen molar-refractivity contribution in [3.05, 3.63) is 88.2 Å². The lowest BCUT2D eigenvalue weighted by molar-refractivity contribution is -0.122. The van der Waals surface area contributed by atoms with E-state index in [4.69, 9.17) is 26.1 Å². The van der Waals surface area contributed by atoms with Crippen LogP contribution in [0.4, 0.5) is 0 Å². The summed E-state index contributed by atoms with van der Waals surface area (Å²) in [6, 6.07) is 17.4. The molecule has 3 aromatic rings. The second-order valence-corrected chi connectivity index (χ2v) is 9.39. The number of benzene rings is 2. The highest BCUT2D eigenvalue weighted by Gasteiger charge is 2.32. The molecule has 7 heteroatoms. The molecule has 0 radical (unpaired) electrons. The second kappa shape index (κ2) is 10.7. The predicted octanol–water partition coefficient (Wildman–Crippen LogP) is 6.15. The molecule has 0 aliphatic carbocycles. The van der Waals surface area contributed by atoms with Crippen LogP contribution in [0.2, 0.25) is 0 Å². The topological polar surface area (TPSA) is 51.9 Å². The molecule has 170 valence electrons. The molecule has 0 saturated carbocycles. The van der Waals surface area contributed by atoms with Gasteiger partial charge in [-0.05, 0) is 73.0 Å². The molecule has 2 aromatic carbocycles. The van der Waals surface area contributed by atoms with Crippen LogP contribution in [0.5, 0.6) is 11.5 Å². The maximum Gasteiger partial charge on any atom is 0.266 e. The first kappa shape index (κ1) is 23.1. The molecule has 1 fully saturated rings. The number of thioether (sulfide) groups is 1. The molecule has 1 aliphatic heterocycles. The average Bonchev–Trinajstić information content (AvgIpc) is 3.40. The Morgan fingerprint density at radius 1 is 1.00 bits per heavy atom. The third kappa shape index (κ3) is 6.06. The van der Waals surface area contributed by atoms with Gasteiger partial charge in [0.1, 0.15) is 21.6 Å². The molecule has 0 spiro atoms. The Bertz CT molecular complexity index is 1170. The summed E-state index contributed by atoms with van der Waals surface area (Å²) in [5, 5.41) is 0. The first-order valence-electron chi connectivity index (χ1n) is 10.7. The van der Waals surface area contributed by atoms with Crippen LogP contribution in [0.25, 0.3) is 6.08 Å². The first-order chi connectivity index (χ1) is 16.0. The molecule has 33 heavy (non-hydrogen) atoms. The number of hydrogen-bond donors (Lipinski definition) is 0. The molecule has 1 aromatic heterocycles. The average molecular weight is 480 g/mol. The number of thiocarbonyl (C=S) groups is 1. The summed E-state index contributed by atoms with van der Waals surface area (Å²) >= 11 is 6.69. The fourth-order valence-corrected chi connectivity index (χ4v) is 4.54. The normalized spacial score (nSPS) is 14.8. The van der Waals surface area contributed by atoms with Crippen molar-refractivity contribution in [2.75, 3.05) is 13.2 Å². The van der Waals surface area contributed by atoms with Crippen molar-refractivity contribution in [2.24, 2.45) is 0 Å². The lowest BCUT2D eigenvalue weighted by Gasteiger charge is -2.12. The van der Waals surface area contributed by atoms with Crippen molar-refractivity contribution in [1.82, 2.24) is 4.90 Å². The van der Waals surface area contributed by atoms with Crippen molar-refractivity contribution in [3.8, 4) is 11.5 Å². The molecule has 5 nitrogen and oxygen atoms in total. The van der Waals surface area contributed by atoms with E-state index in [9.17, 15) is 4.79 Å². The minimum absolute atomic E-state index is 0.115. The Morgan fingerprint density at radius 3 is 2.52 bits per heavy atom. The number of carbonyl (C=O) groups is 1. The zero-order valence-electron chi connectivity index (χ0n) is 18.6.